The van der Waals surface area contributed by atoms with Crippen molar-refractivity contribution in [3.05, 3.63) is 56.4 Å². The standard InChI is InChI=1S/C15H13BrFNOS/c16-13-5-1-4-12(14(13)17)15(19)18(10-6-7-10)9-11-3-2-8-20-11/h1-5,8,10H,6-7,9H2. The van der Waals surface area contributed by atoms with Gasteiger partial charge in [0.25, 0.3) is 5.91 Å². The molecule has 0 atom stereocenters. The molecule has 2 nitrogen and oxygen atoms in total. The highest BCUT2D eigenvalue weighted by molar-refractivity contribution is 9.10. The van der Waals surface area contributed by atoms with Gasteiger partial charge in [-0.05, 0) is 52.4 Å². The van der Waals surface area contributed by atoms with Crippen molar-refractivity contribution in [3.63, 3.8) is 0 Å². The van der Waals surface area contributed by atoms with E-state index in [1.165, 1.54) is 0 Å². The smallest absolute Gasteiger partial charge is 0.257 e. The van der Waals surface area contributed by atoms with Crippen LogP contribution >= 0.6 is 27.3 Å². The summed E-state index contributed by atoms with van der Waals surface area (Å²) in [5.41, 5.74) is 0.142. The summed E-state index contributed by atoms with van der Waals surface area (Å²) in [6, 6.07) is 9.07. The van der Waals surface area contributed by atoms with Crippen molar-refractivity contribution in [1.82, 2.24) is 4.90 Å². The van der Waals surface area contributed by atoms with Gasteiger partial charge in [0.15, 0.2) is 0 Å². The zero-order chi connectivity index (χ0) is 14.1. The van der Waals surface area contributed by atoms with Crippen molar-refractivity contribution in [1.29, 1.82) is 0 Å². The van der Waals surface area contributed by atoms with Crippen molar-refractivity contribution in [3.8, 4) is 0 Å². The Morgan fingerprint density at radius 3 is 2.80 bits per heavy atom. The van der Waals surface area contributed by atoms with Gasteiger partial charge < -0.3 is 4.90 Å². The second-order valence-electron chi connectivity index (χ2n) is 4.84. The molecule has 1 heterocycles. The van der Waals surface area contributed by atoms with Crippen molar-refractivity contribution >= 4 is 33.2 Å². The Labute approximate surface area is 129 Å². The van der Waals surface area contributed by atoms with Gasteiger partial charge in [-0.1, -0.05) is 12.1 Å². The minimum absolute atomic E-state index is 0.142. The molecular weight excluding hydrogens is 341 g/mol. The molecule has 1 aliphatic carbocycles. The number of nitrogens with zero attached hydrogens (tertiary/aromatic N) is 1. The van der Waals surface area contributed by atoms with Gasteiger partial charge in [0.2, 0.25) is 0 Å². The molecule has 1 aromatic carbocycles. The van der Waals surface area contributed by atoms with Crippen LogP contribution < -0.4 is 0 Å². The molecule has 1 amide bonds. The van der Waals surface area contributed by atoms with E-state index >= 15 is 0 Å². The molecule has 1 aromatic heterocycles. The summed E-state index contributed by atoms with van der Waals surface area (Å²) in [7, 11) is 0. The molecule has 0 bridgehead atoms. The molecule has 20 heavy (non-hydrogen) atoms. The summed E-state index contributed by atoms with van der Waals surface area (Å²) in [6.07, 6.45) is 2.01. The molecule has 0 unspecified atom stereocenters. The monoisotopic (exact) mass is 353 g/mol. The van der Waals surface area contributed by atoms with E-state index in [1.54, 1.807) is 34.4 Å². The lowest BCUT2D eigenvalue weighted by Gasteiger charge is -2.22. The molecule has 0 aliphatic heterocycles. The predicted molar refractivity (Wildman–Crippen MR) is 81.3 cm³/mol. The normalized spacial score (nSPS) is 14.3. The van der Waals surface area contributed by atoms with E-state index in [0.29, 0.717) is 11.0 Å². The lowest BCUT2D eigenvalue weighted by molar-refractivity contribution is 0.0726. The third kappa shape index (κ3) is 2.79. The van der Waals surface area contributed by atoms with Gasteiger partial charge in [0.1, 0.15) is 5.82 Å². The minimum atomic E-state index is -0.477. The van der Waals surface area contributed by atoms with Gasteiger partial charge in [0, 0.05) is 10.9 Å². The fourth-order valence-corrected chi connectivity index (χ4v) is 3.22. The maximum absolute atomic E-state index is 14.1. The first-order chi connectivity index (χ1) is 9.66. The average molecular weight is 354 g/mol. The highest BCUT2D eigenvalue weighted by Crippen LogP contribution is 2.31. The Morgan fingerprint density at radius 2 is 2.15 bits per heavy atom. The number of carbonyl (C=O) groups excluding carboxylic acids is 1. The van der Waals surface area contributed by atoms with Gasteiger partial charge in [-0.2, -0.15) is 0 Å². The number of hydrogen-bond donors (Lipinski definition) is 0. The van der Waals surface area contributed by atoms with Gasteiger partial charge in [0.05, 0.1) is 16.6 Å². The van der Waals surface area contributed by atoms with Gasteiger partial charge >= 0.3 is 0 Å². The Kier molecular flexibility index (Phi) is 3.89. The summed E-state index contributed by atoms with van der Waals surface area (Å²) in [4.78, 5) is 15.5. The van der Waals surface area contributed by atoms with Crippen LogP contribution in [0.1, 0.15) is 28.1 Å². The van der Waals surface area contributed by atoms with Crippen LogP contribution in [0, 0.1) is 5.82 Å². The quantitative estimate of drug-likeness (QED) is 0.794. The third-order valence-corrected chi connectivity index (χ3v) is 4.81. The Bertz CT molecular complexity index is 625. The van der Waals surface area contributed by atoms with Crippen LogP contribution in [0.3, 0.4) is 0 Å². The van der Waals surface area contributed by atoms with Crippen LogP contribution in [-0.2, 0) is 6.54 Å². The number of rotatable bonds is 4. The minimum Gasteiger partial charge on any atom is -0.330 e. The van der Waals surface area contributed by atoms with Crippen LogP contribution in [0.15, 0.2) is 40.2 Å². The summed E-state index contributed by atoms with van der Waals surface area (Å²) in [6.45, 7) is 0.563. The van der Waals surface area contributed by atoms with Crippen molar-refractivity contribution < 1.29 is 9.18 Å². The fraction of sp³-hybridized carbons (Fsp3) is 0.267. The Balaban J connectivity index is 1.87. The molecule has 0 spiro atoms. The van der Waals surface area contributed by atoms with E-state index in [4.69, 9.17) is 0 Å². The Morgan fingerprint density at radius 1 is 1.35 bits per heavy atom. The van der Waals surface area contributed by atoms with Crippen LogP contribution in [-0.4, -0.2) is 16.8 Å². The van der Waals surface area contributed by atoms with Gasteiger partial charge in [-0.15, -0.1) is 11.3 Å². The van der Waals surface area contributed by atoms with E-state index in [2.05, 4.69) is 15.9 Å². The van der Waals surface area contributed by atoms with Crippen LogP contribution in [0.5, 0.6) is 0 Å². The van der Waals surface area contributed by atoms with Crippen LogP contribution in [0.2, 0.25) is 0 Å². The van der Waals surface area contributed by atoms with Crippen LogP contribution in [0.25, 0.3) is 0 Å². The summed E-state index contributed by atoms with van der Waals surface area (Å²) in [5, 5.41) is 1.99. The van der Waals surface area contributed by atoms with Crippen molar-refractivity contribution in [2.75, 3.05) is 0 Å². The highest BCUT2D eigenvalue weighted by Gasteiger charge is 2.34. The van der Waals surface area contributed by atoms with E-state index in [0.717, 1.165) is 17.7 Å². The first-order valence-corrected chi connectivity index (χ1v) is 8.11. The zero-order valence-corrected chi connectivity index (χ0v) is 13.1. The number of hydrogen-bond acceptors (Lipinski definition) is 2. The predicted octanol–water partition coefficient (Wildman–Crippen LogP) is 4.45. The molecule has 0 radical (unpaired) electrons. The molecule has 2 aromatic rings. The summed E-state index contributed by atoms with van der Waals surface area (Å²) < 4.78 is 14.4. The van der Waals surface area contributed by atoms with Crippen molar-refractivity contribution in [2.45, 2.75) is 25.4 Å². The van der Waals surface area contributed by atoms with E-state index in [1.807, 2.05) is 17.5 Å². The maximum atomic E-state index is 14.1. The topological polar surface area (TPSA) is 20.3 Å². The second kappa shape index (κ2) is 5.66. The summed E-state index contributed by atoms with van der Waals surface area (Å²) >= 11 is 4.75. The average Bonchev–Trinajstić information content (AvgIpc) is 3.15. The molecule has 0 N–H and O–H groups in total. The molecule has 3 rings (SSSR count). The third-order valence-electron chi connectivity index (χ3n) is 3.34. The SMILES string of the molecule is O=C(c1cccc(Br)c1F)N(Cc1cccs1)C1CC1. The molecule has 0 saturated heterocycles. The van der Waals surface area contributed by atoms with Gasteiger partial charge in [-0.3, -0.25) is 4.79 Å². The zero-order valence-electron chi connectivity index (χ0n) is 10.7. The highest BCUT2D eigenvalue weighted by atomic mass is 79.9. The largest absolute Gasteiger partial charge is 0.330 e. The molecule has 1 aliphatic rings. The number of carbonyl (C=O) groups is 1. The maximum Gasteiger partial charge on any atom is 0.257 e. The molecular formula is C15H13BrFNOS. The number of benzene rings is 1. The van der Waals surface area contributed by atoms with E-state index < -0.39 is 5.82 Å². The first kappa shape index (κ1) is 13.8. The second-order valence-corrected chi connectivity index (χ2v) is 6.73. The first-order valence-electron chi connectivity index (χ1n) is 6.44. The lowest BCUT2D eigenvalue weighted by atomic mass is 10.2. The number of thiophene rings is 1. The van der Waals surface area contributed by atoms with Gasteiger partial charge in [-0.25, -0.2) is 4.39 Å². The van der Waals surface area contributed by atoms with E-state index in [9.17, 15) is 9.18 Å². The molecule has 1 fully saturated rings. The Hall–Kier alpha value is -1.20. The molecule has 104 valence electrons. The summed E-state index contributed by atoms with van der Waals surface area (Å²) in [5.74, 6) is -0.700. The molecule has 5 heteroatoms. The van der Waals surface area contributed by atoms with Crippen LogP contribution in [0.4, 0.5) is 4.39 Å². The number of amides is 1. The lowest BCUT2D eigenvalue weighted by Crippen LogP contribution is -2.33. The van der Waals surface area contributed by atoms with Crippen molar-refractivity contribution in [2.24, 2.45) is 0 Å². The number of halogens is 2. The van der Waals surface area contributed by atoms with E-state index in [-0.39, 0.29) is 17.5 Å². The fourth-order valence-electron chi connectivity index (χ4n) is 2.15. The molecule has 1 saturated carbocycles.